The van der Waals surface area contributed by atoms with Crippen LogP contribution in [0.3, 0.4) is 0 Å². The summed E-state index contributed by atoms with van der Waals surface area (Å²) in [6.45, 7) is 3.24. The van der Waals surface area contributed by atoms with E-state index in [4.69, 9.17) is 14.2 Å². The summed E-state index contributed by atoms with van der Waals surface area (Å²) >= 11 is 4.72. The first kappa shape index (κ1) is 24.4. The summed E-state index contributed by atoms with van der Waals surface area (Å²) in [7, 11) is 0. The first-order valence-electron chi connectivity index (χ1n) is 11.9. The smallest absolute Gasteiger partial charge is 0.301 e. The minimum atomic E-state index is -0.886. The van der Waals surface area contributed by atoms with Crippen LogP contribution in [-0.2, 0) is 9.59 Å². The van der Waals surface area contributed by atoms with Gasteiger partial charge in [-0.15, -0.1) is 0 Å². The van der Waals surface area contributed by atoms with Gasteiger partial charge in [0.2, 0.25) is 0 Å². The predicted octanol–water partition coefficient (Wildman–Crippen LogP) is 5.86. The van der Waals surface area contributed by atoms with Crippen LogP contribution in [0, 0.1) is 0 Å². The molecule has 0 bridgehead atoms. The monoisotopic (exact) mass is 592 g/mol. The molecule has 38 heavy (non-hydrogen) atoms. The number of hydrogen-bond donors (Lipinski definition) is 1. The predicted molar refractivity (Wildman–Crippen MR) is 147 cm³/mol. The Labute approximate surface area is 230 Å². The van der Waals surface area contributed by atoms with Crippen molar-refractivity contribution in [3.8, 4) is 17.2 Å². The van der Waals surface area contributed by atoms with Crippen LogP contribution in [-0.4, -0.2) is 41.6 Å². The van der Waals surface area contributed by atoms with Crippen LogP contribution in [0.5, 0.6) is 17.2 Å². The van der Waals surface area contributed by atoms with E-state index in [1.165, 1.54) is 16.2 Å². The first-order valence-corrected chi connectivity index (χ1v) is 13.6. The number of ether oxygens (including phenoxy) is 3. The Hall–Kier alpha value is -3.89. The summed E-state index contributed by atoms with van der Waals surface area (Å²) in [6, 6.07) is 16.8. The number of Topliss-reactive ketones (excluding diaryl/α,β-unsaturated/α-hetero) is 1. The highest BCUT2D eigenvalue weighted by molar-refractivity contribution is 9.10. The van der Waals surface area contributed by atoms with E-state index in [1.54, 1.807) is 18.2 Å². The van der Waals surface area contributed by atoms with Crippen molar-refractivity contribution in [3.63, 3.8) is 0 Å². The third-order valence-corrected chi connectivity index (χ3v) is 7.86. The number of aliphatic hydroxyl groups is 1. The molecule has 8 nitrogen and oxygen atoms in total. The molecule has 2 aliphatic rings. The van der Waals surface area contributed by atoms with Gasteiger partial charge in [-0.3, -0.25) is 14.5 Å². The average Bonchev–Trinajstić information content (AvgIpc) is 3.46. The maximum atomic E-state index is 13.5. The molecule has 0 saturated carbocycles. The van der Waals surface area contributed by atoms with E-state index < -0.39 is 17.7 Å². The van der Waals surface area contributed by atoms with Gasteiger partial charge >= 0.3 is 5.91 Å². The van der Waals surface area contributed by atoms with Crippen molar-refractivity contribution >= 4 is 60.1 Å². The molecular formula is C28H21BrN2O6S. The number of amides is 1. The molecule has 1 unspecified atom stereocenters. The van der Waals surface area contributed by atoms with Gasteiger partial charge in [-0.2, -0.15) is 0 Å². The largest absolute Gasteiger partial charge is 0.507 e. The lowest BCUT2D eigenvalue weighted by molar-refractivity contribution is -0.132. The third kappa shape index (κ3) is 4.19. The molecule has 1 saturated heterocycles. The Balaban J connectivity index is 1.51. The Morgan fingerprint density at radius 2 is 1.84 bits per heavy atom. The van der Waals surface area contributed by atoms with Crippen molar-refractivity contribution in [2.24, 2.45) is 0 Å². The molecule has 192 valence electrons. The molecule has 1 aromatic heterocycles. The van der Waals surface area contributed by atoms with E-state index in [1.807, 2.05) is 49.4 Å². The van der Waals surface area contributed by atoms with Crippen LogP contribution in [0.4, 0.5) is 5.13 Å². The number of anilines is 1. The zero-order chi connectivity index (χ0) is 26.4. The van der Waals surface area contributed by atoms with Crippen LogP contribution in [0.15, 0.2) is 70.7 Å². The Kier molecular flexibility index (Phi) is 6.29. The zero-order valence-corrected chi connectivity index (χ0v) is 22.5. The molecular weight excluding hydrogens is 572 g/mol. The highest BCUT2D eigenvalue weighted by Gasteiger charge is 2.48. The highest BCUT2D eigenvalue weighted by Crippen LogP contribution is 2.45. The standard InChI is InChI=1S/C28H21BrN2O6S/c1-2-35-18-8-9-19-22(14-18)38-28(30-19)31-24(15-3-6-17(29)7-4-15)23(26(33)27(31)34)25(32)16-5-10-20-21(13-16)37-12-11-36-20/h3-10,13-14,24,32H,2,11-12H2,1H3. The summed E-state index contributed by atoms with van der Waals surface area (Å²) < 4.78 is 18.5. The number of nitrogens with zero attached hydrogens (tertiary/aromatic N) is 2. The molecule has 1 amide bonds. The van der Waals surface area contributed by atoms with Crippen LogP contribution >= 0.6 is 27.3 Å². The minimum absolute atomic E-state index is 0.0248. The van der Waals surface area contributed by atoms with Gasteiger partial charge in [-0.1, -0.05) is 39.4 Å². The first-order chi connectivity index (χ1) is 18.4. The van der Waals surface area contributed by atoms with E-state index in [0.29, 0.717) is 58.8 Å². The lowest BCUT2D eigenvalue weighted by Gasteiger charge is -2.23. The number of benzene rings is 3. The summed E-state index contributed by atoms with van der Waals surface area (Å²) in [5, 5.41) is 11.8. The molecule has 1 N–H and O–H groups in total. The molecule has 10 heteroatoms. The van der Waals surface area contributed by atoms with Gasteiger partial charge < -0.3 is 19.3 Å². The average molecular weight is 593 g/mol. The van der Waals surface area contributed by atoms with Crippen molar-refractivity contribution in [2.45, 2.75) is 13.0 Å². The van der Waals surface area contributed by atoms with Crippen molar-refractivity contribution < 1.29 is 28.9 Å². The Morgan fingerprint density at radius 1 is 1.08 bits per heavy atom. The second-order valence-corrected chi connectivity index (χ2v) is 10.6. The van der Waals surface area contributed by atoms with E-state index in [2.05, 4.69) is 20.9 Å². The van der Waals surface area contributed by atoms with Gasteiger partial charge in [0.25, 0.3) is 5.78 Å². The second kappa shape index (κ2) is 9.77. The number of aromatic nitrogens is 1. The summed E-state index contributed by atoms with van der Waals surface area (Å²) in [6.07, 6.45) is 0. The SMILES string of the molecule is CCOc1ccc2nc(N3C(=O)C(=O)C(=C(O)c4ccc5c(c4)OCCO5)C3c3ccc(Br)cc3)sc2c1. The fraction of sp³-hybridized carbons (Fsp3) is 0.179. The maximum absolute atomic E-state index is 13.5. The van der Waals surface area contributed by atoms with Gasteiger partial charge in [0.05, 0.1) is 28.4 Å². The molecule has 6 rings (SSSR count). The zero-order valence-electron chi connectivity index (χ0n) is 20.1. The molecule has 3 aromatic carbocycles. The molecule has 2 aliphatic heterocycles. The van der Waals surface area contributed by atoms with E-state index in [0.717, 1.165) is 9.17 Å². The molecule has 1 fully saturated rings. The Morgan fingerprint density at radius 3 is 2.61 bits per heavy atom. The van der Waals surface area contributed by atoms with Gasteiger partial charge in [0, 0.05) is 10.0 Å². The topological polar surface area (TPSA) is 98.2 Å². The number of aliphatic hydroxyl groups excluding tert-OH is 1. The summed E-state index contributed by atoms with van der Waals surface area (Å²) in [5.41, 5.74) is 1.65. The lowest BCUT2D eigenvalue weighted by Crippen LogP contribution is -2.29. The van der Waals surface area contributed by atoms with Crippen LogP contribution in [0.2, 0.25) is 0 Å². The van der Waals surface area contributed by atoms with E-state index >= 15 is 0 Å². The highest BCUT2D eigenvalue weighted by atomic mass is 79.9. The molecule has 1 atom stereocenters. The van der Waals surface area contributed by atoms with Gasteiger partial charge in [-0.25, -0.2) is 4.98 Å². The van der Waals surface area contributed by atoms with Gasteiger partial charge in [0.1, 0.15) is 24.7 Å². The molecule has 0 aliphatic carbocycles. The van der Waals surface area contributed by atoms with Gasteiger partial charge in [-0.05, 0) is 61.0 Å². The fourth-order valence-electron chi connectivity index (χ4n) is 4.59. The minimum Gasteiger partial charge on any atom is -0.507 e. The van der Waals surface area contributed by atoms with Crippen LogP contribution in [0.1, 0.15) is 24.1 Å². The number of thiazole rings is 1. The summed E-state index contributed by atoms with van der Waals surface area (Å²) in [5.74, 6) is -0.138. The van der Waals surface area contributed by atoms with Crippen LogP contribution in [0.25, 0.3) is 16.0 Å². The van der Waals surface area contributed by atoms with E-state index in [9.17, 15) is 14.7 Å². The number of hydrogen-bond acceptors (Lipinski definition) is 8. The molecule has 0 spiro atoms. The lowest BCUT2D eigenvalue weighted by atomic mass is 9.95. The van der Waals surface area contributed by atoms with Crippen molar-refractivity contribution in [1.29, 1.82) is 0 Å². The van der Waals surface area contributed by atoms with Crippen molar-refractivity contribution in [1.82, 2.24) is 4.98 Å². The fourth-order valence-corrected chi connectivity index (χ4v) is 5.87. The van der Waals surface area contributed by atoms with E-state index in [-0.39, 0.29) is 11.3 Å². The third-order valence-electron chi connectivity index (χ3n) is 6.31. The molecule has 4 aromatic rings. The molecule has 0 radical (unpaired) electrons. The Bertz CT molecular complexity index is 1610. The van der Waals surface area contributed by atoms with Crippen LogP contribution < -0.4 is 19.1 Å². The number of fused-ring (bicyclic) bond motifs is 2. The number of carbonyl (C=O) groups is 2. The number of ketones is 1. The number of rotatable bonds is 5. The van der Waals surface area contributed by atoms with Crippen molar-refractivity contribution in [2.75, 3.05) is 24.7 Å². The number of carbonyl (C=O) groups excluding carboxylic acids is 2. The number of halogens is 1. The normalized spacial score (nSPS) is 18.3. The quantitative estimate of drug-likeness (QED) is 0.176. The second-order valence-electron chi connectivity index (χ2n) is 8.64. The molecule has 3 heterocycles. The van der Waals surface area contributed by atoms with Crippen molar-refractivity contribution in [3.05, 3.63) is 81.8 Å². The maximum Gasteiger partial charge on any atom is 0.301 e. The van der Waals surface area contributed by atoms with Gasteiger partial charge in [0.15, 0.2) is 16.6 Å². The summed E-state index contributed by atoms with van der Waals surface area (Å²) in [4.78, 5) is 33.0.